The molecule has 70 valence electrons. The molecule has 0 unspecified atom stereocenters. The molecule has 0 amide bonds. The van der Waals surface area contributed by atoms with Crippen LogP contribution < -0.4 is 4.73 Å². The summed E-state index contributed by atoms with van der Waals surface area (Å²) >= 11 is 0. The highest BCUT2D eigenvalue weighted by molar-refractivity contribution is 5.77. The Morgan fingerprint density at radius 1 is 1.69 bits per heavy atom. The smallest absolute Gasteiger partial charge is 0.189 e. The van der Waals surface area contributed by atoms with E-state index in [4.69, 9.17) is 4.84 Å². The van der Waals surface area contributed by atoms with Gasteiger partial charge in [0, 0.05) is 6.07 Å². The molecule has 1 aromatic heterocycles. The first-order chi connectivity index (χ1) is 6.33. The van der Waals surface area contributed by atoms with Crippen molar-refractivity contribution < 1.29 is 9.57 Å². The lowest BCUT2D eigenvalue weighted by molar-refractivity contribution is -0.605. The van der Waals surface area contributed by atoms with E-state index in [1.54, 1.807) is 12.1 Å². The van der Waals surface area contributed by atoms with Gasteiger partial charge in [0.05, 0.1) is 11.8 Å². The zero-order chi connectivity index (χ0) is 9.52. The Morgan fingerprint density at radius 2 is 2.54 bits per heavy atom. The summed E-state index contributed by atoms with van der Waals surface area (Å²) < 4.78 is 0.723. The lowest BCUT2D eigenvalue weighted by Gasteiger charge is -1.95. The van der Waals surface area contributed by atoms with Gasteiger partial charge < -0.3 is 10.0 Å². The van der Waals surface area contributed by atoms with Gasteiger partial charge in [-0.3, -0.25) is 0 Å². The number of rotatable bonds is 4. The van der Waals surface area contributed by atoms with Crippen molar-refractivity contribution in [2.75, 3.05) is 6.61 Å². The molecule has 13 heavy (non-hydrogen) atoms. The van der Waals surface area contributed by atoms with E-state index >= 15 is 0 Å². The second-order valence-corrected chi connectivity index (χ2v) is 2.56. The van der Waals surface area contributed by atoms with Gasteiger partial charge in [0.25, 0.3) is 0 Å². The molecule has 1 heterocycles. The van der Waals surface area contributed by atoms with Gasteiger partial charge in [0.1, 0.15) is 6.61 Å². The van der Waals surface area contributed by atoms with Crippen LogP contribution in [0.4, 0.5) is 0 Å². The van der Waals surface area contributed by atoms with Crippen LogP contribution in [-0.4, -0.2) is 12.8 Å². The van der Waals surface area contributed by atoms with Crippen LogP contribution in [0.3, 0.4) is 0 Å². The van der Waals surface area contributed by atoms with E-state index < -0.39 is 0 Å². The van der Waals surface area contributed by atoms with Crippen LogP contribution in [0.2, 0.25) is 0 Å². The number of nitrogens with zero attached hydrogens (tertiary/aromatic N) is 2. The van der Waals surface area contributed by atoms with Crippen LogP contribution in [-0.2, 0) is 4.84 Å². The van der Waals surface area contributed by atoms with E-state index in [-0.39, 0.29) is 0 Å². The molecule has 0 spiro atoms. The van der Waals surface area contributed by atoms with Gasteiger partial charge in [-0.15, -0.1) is 0 Å². The minimum Gasteiger partial charge on any atom is -0.619 e. The van der Waals surface area contributed by atoms with Crippen molar-refractivity contribution in [3.05, 3.63) is 35.3 Å². The van der Waals surface area contributed by atoms with Crippen LogP contribution >= 0.6 is 0 Å². The Morgan fingerprint density at radius 3 is 3.23 bits per heavy atom. The van der Waals surface area contributed by atoms with Crippen molar-refractivity contribution in [1.82, 2.24) is 0 Å². The third kappa shape index (κ3) is 3.55. The van der Waals surface area contributed by atoms with E-state index in [1.807, 2.05) is 6.92 Å². The van der Waals surface area contributed by atoms with Gasteiger partial charge in [-0.25, -0.2) is 0 Å². The van der Waals surface area contributed by atoms with Crippen molar-refractivity contribution in [1.29, 1.82) is 0 Å². The lowest BCUT2D eigenvalue weighted by Crippen LogP contribution is -2.24. The van der Waals surface area contributed by atoms with Gasteiger partial charge >= 0.3 is 0 Å². The zero-order valence-corrected chi connectivity index (χ0v) is 7.51. The molecule has 0 aliphatic heterocycles. The highest BCUT2D eigenvalue weighted by Gasteiger charge is 1.91. The van der Waals surface area contributed by atoms with Gasteiger partial charge in [0.15, 0.2) is 12.4 Å². The summed E-state index contributed by atoms with van der Waals surface area (Å²) in [7, 11) is 0. The minimum atomic E-state index is 0.598. The maximum atomic E-state index is 10.8. The van der Waals surface area contributed by atoms with Crippen molar-refractivity contribution in [3.63, 3.8) is 0 Å². The molecule has 0 N–H and O–H groups in total. The molecule has 1 aromatic rings. The Balaban J connectivity index is 2.48. The molecule has 0 aromatic carbocycles. The van der Waals surface area contributed by atoms with E-state index in [1.165, 1.54) is 18.6 Å². The van der Waals surface area contributed by atoms with Crippen molar-refractivity contribution >= 4 is 6.21 Å². The van der Waals surface area contributed by atoms with Crippen LogP contribution in [0.15, 0.2) is 29.7 Å². The fraction of sp³-hybridized carbons (Fsp3) is 0.333. The molecule has 0 fully saturated rings. The van der Waals surface area contributed by atoms with Gasteiger partial charge in [-0.05, 0) is 12.5 Å². The Hall–Kier alpha value is -1.58. The van der Waals surface area contributed by atoms with Gasteiger partial charge in [-0.2, -0.15) is 4.73 Å². The summed E-state index contributed by atoms with van der Waals surface area (Å²) in [5, 5.41) is 14.5. The number of hydrogen-bond donors (Lipinski definition) is 0. The van der Waals surface area contributed by atoms with Crippen molar-refractivity contribution in [3.8, 4) is 0 Å². The predicted molar refractivity (Wildman–Crippen MR) is 49.2 cm³/mol. The van der Waals surface area contributed by atoms with E-state index in [0.29, 0.717) is 6.61 Å². The first kappa shape index (κ1) is 9.51. The molecule has 4 nitrogen and oxygen atoms in total. The Bertz CT molecular complexity index is 287. The fourth-order valence-corrected chi connectivity index (χ4v) is 0.790. The summed E-state index contributed by atoms with van der Waals surface area (Å²) in [6.07, 6.45) is 5.29. The summed E-state index contributed by atoms with van der Waals surface area (Å²) in [5.41, 5.74) is 0.730. The van der Waals surface area contributed by atoms with Gasteiger partial charge in [-0.1, -0.05) is 12.1 Å². The molecular weight excluding hydrogens is 168 g/mol. The summed E-state index contributed by atoms with van der Waals surface area (Å²) in [5.74, 6) is 0. The Kier molecular flexibility index (Phi) is 3.75. The first-order valence-electron chi connectivity index (χ1n) is 4.17. The third-order valence-corrected chi connectivity index (χ3v) is 1.37. The zero-order valence-electron chi connectivity index (χ0n) is 7.51. The molecule has 4 heteroatoms. The van der Waals surface area contributed by atoms with E-state index in [0.717, 1.165) is 16.7 Å². The summed E-state index contributed by atoms with van der Waals surface area (Å²) in [6.45, 7) is 2.60. The fourth-order valence-electron chi connectivity index (χ4n) is 0.790. The number of aromatic nitrogens is 1. The molecule has 0 saturated heterocycles. The summed E-state index contributed by atoms with van der Waals surface area (Å²) in [6, 6.07) is 3.45. The molecule has 1 rings (SSSR count). The van der Waals surface area contributed by atoms with Crippen molar-refractivity contribution in [2.24, 2.45) is 5.16 Å². The normalized spacial score (nSPS) is 10.5. The van der Waals surface area contributed by atoms with Crippen LogP contribution in [0.5, 0.6) is 0 Å². The average molecular weight is 180 g/mol. The topological polar surface area (TPSA) is 48.5 Å². The van der Waals surface area contributed by atoms with E-state index in [9.17, 15) is 5.21 Å². The molecule has 0 radical (unpaired) electrons. The van der Waals surface area contributed by atoms with Crippen LogP contribution in [0.25, 0.3) is 0 Å². The van der Waals surface area contributed by atoms with Crippen molar-refractivity contribution in [2.45, 2.75) is 13.3 Å². The van der Waals surface area contributed by atoms with E-state index in [2.05, 4.69) is 5.16 Å². The number of hydrogen-bond acceptors (Lipinski definition) is 3. The molecular formula is C9H12N2O2. The molecule has 0 aliphatic rings. The van der Waals surface area contributed by atoms with Crippen LogP contribution in [0.1, 0.15) is 18.9 Å². The second-order valence-electron chi connectivity index (χ2n) is 2.56. The number of oxime groups is 1. The molecule has 0 saturated carbocycles. The standard InChI is InChI=1S/C9H12N2O2/c1-2-6-13-10-7-9-4-3-5-11(12)8-9/h3-5,7-8H,2,6H2,1H3/b10-7+. The highest BCUT2D eigenvalue weighted by Crippen LogP contribution is 1.90. The Labute approximate surface area is 77.0 Å². The monoisotopic (exact) mass is 180 g/mol. The maximum absolute atomic E-state index is 10.8. The molecule has 0 atom stereocenters. The molecule has 0 aliphatic carbocycles. The largest absolute Gasteiger partial charge is 0.619 e. The third-order valence-electron chi connectivity index (χ3n) is 1.37. The second kappa shape index (κ2) is 5.13. The predicted octanol–water partition coefficient (Wildman–Crippen LogP) is 1.08. The average Bonchev–Trinajstić information content (AvgIpc) is 2.13. The lowest BCUT2D eigenvalue weighted by atomic mass is 10.3. The minimum absolute atomic E-state index is 0.598. The SMILES string of the molecule is CCCO/N=C/c1ccc[n+]([O-])c1. The van der Waals surface area contributed by atoms with Gasteiger partial charge in [0.2, 0.25) is 0 Å². The number of pyridine rings is 1. The maximum Gasteiger partial charge on any atom is 0.189 e. The molecule has 0 bridgehead atoms. The quantitative estimate of drug-likeness (QED) is 0.229. The van der Waals surface area contributed by atoms with Crippen LogP contribution in [0, 0.1) is 5.21 Å². The summed E-state index contributed by atoms with van der Waals surface area (Å²) in [4.78, 5) is 4.88. The first-order valence-corrected chi connectivity index (χ1v) is 4.17. The highest BCUT2D eigenvalue weighted by atomic mass is 16.6.